The largest absolute Gasteiger partial charge is 0.487 e. The van der Waals surface area contributed by atoms with E-state index in [1.807, 2.05) is 36.4 Å². The van der Waals surface area contributed by atoms with E-state index in [0.29, 0.717) is 28.2 Å². The van der Waals surface area contributed by atoms with Gasteiger partial charge in [-0.2, -0.15) is 0 Å². The van der Waals surface area contributed by atoms with Crippen LogP contribution in [0.3, 0.4) is 0 Å². The zero-order valence-corrected chi connectivity index (χ0v) is 16.5. The van der Waals surface area contributed by atoms with Gasteiger partial charge in [-0.15, -0.1) is 0 Å². The molecule has 2 heterocycles. The molecule has 1 aromatic heterocycles. The lowest BCUT2D eigenvalue weighted by Gasteiger charge is -2.28. The molecule has 2 aromatic carbocycles. The number of furan rings is 1. The Labute approximate surface area is 169 Å². The number of para-hydroxylation sites is 2. The van der Waals surface area contributed by atoms with Crippen LogP contribution in [-0.2, 0) is 6.61 Å². The molecule has 1 aliphatic heterocycles. The molecule has 3 aromatic rings. The van der Waals surface area contributed by atoms with Crippen LogP contribution in [0, 0.1) is 0 Å². The summed E-state index contributed by atoms with van der Waals surface area (Å²) in [6, 6.07) is 15.4. The number of amides is 1. The number of fused-ring (bicyclic) bond motifs is 1. The zero-order valence-electron chi connectivity index (χ0n) is 15.7. The number of carbonyl (C=O) groups is 1. The second kappa shape index (κ2) is 8.25. The van der Waals surface area contributed by atoms with Crippen molar-refractivity contribution in [2.75, 3.05) is 6.54 Å². The SMILES string of the molecule is CC1CC(NC(=O)c2oc3ccccc3c2COc2ccccc2Cl)CCN1. The van der Waals surface area contributed by atoms with Crippen molar-refractivity contribution in [1.29, 1.82) is 0 Å². The van der Waals surface area contributed by atoms with Gasteiger partial charge >= 0.3 is 0 Å². The zero-order chi connectivity index (χ0) is 19.5. The predicted molar refractivity (Wildman–Crippen MR) is 110 cm³/mol. The van der Waals surface area contributed by atoms with Crippen molar-refractivity contribution in [1.82, 2.24) is 10.6 Å². The first kappa shape index (κ1) is 18.8. The summed E-state index contributed by atoms with van der Waals surface area (Å²) >= 11 is 6.19. The summed E-state index contributed by atoms with van der Waals surface area (Å²) in [6.45, 7) is 3.23. The first-order chi connectivity index (χ1) is 13.6. The fraction of sp³-hybridized carbons (Fsp3) is 0.318. The highest BCUT2D eigenvalue weighted by atomic mass is 35.5. The molecule has 6 heteroatoms. The van der Waals surface area contributed by atoms with E-state index in [4.69, 9.17) is 20.8 Å². The molecule has 0 radical (unpaired) electrons. The van der Waals surface area contributed by atoms with Crippen molar-refractivity contribution < 1.29 is 13.9 Å². The van der Waals surface area contributed by atoms with Crippen LogP contribution in [0.5, 0.6) is 5.75 Å². The minimum atomic E-state index is -0.201. The average Bonchev–Trinajstić information content (AvgIpc) is 3.06. The Balaban J connectivity index is 1.59. The van der Waals surface area contributed by atoms with E-state index < -0.39 is 0 Å². The molecule has 4 rings (SSSR count). The molecule has 0 aliphatic carbocycles. The van der Waals surface area contributed by atoms with E-state index in [1.54, 1.807) is 12.1 Å². The number of hydrogen-bond donors (Lipinski definition) is 2. The van der Waals surface area contributed by atoms with Crippen LogP contribution in [0.4, 0.5) is 0 Å². The van der Waals surface area contributed by atoms with Crippen molar-refractivity contribution in [2.24, 2.45) is 0 Å². The van der Waals surface area contributed by atoms with Gasteiger partial charge in [0.25, 0.3) is 5.91 Å². The lowest BCUT2D eigenvalue weighted by atomic mass is 10.0. The number of rotatable bonds is 5. The highest BCUT2D eigenvalue weighted by Gasteiger charge is 2.25. The van der Waals surface area contributed by atoms with E-state index in [-0.39, 0.29) is 18.6 Å². The predicted octanol–water partition coefficient (Wildman–Crippen LogP) is 4.54. The standard InChI is InChI=1S/C22H23ClN2O3/c1-14-12-15(10-11-24-14)25-22(26)21-17(16-6-2-4-8-19(16)28-21)13-27-20-9-5-3-7-18(20)23/h2-9,14-15,24H,10-13H2,1H3,(H,25,26). The van der Waals surface area contributed by atoms with Crippen molar-refractivity contribution in [3.05, 3.63) is 64.9 Å². The van der Waals surface area contributed by atoms with Crippen molar-refractivity contribution in [2.45, 2.75) is 38.5 Å². The summed E-state index contributed by atoms with van der Waals surface area (Å²) in [7, 11) is 0. The molecule has 2 N–H and O–H groups in total. The van der Waals surface area contributed by atoms with E-state index in [2.05, 4.69) is 17.6 Å². The Morgan fingerprint density at radius 2 is 2.04 bits per heavy atom. The number of nitrogens with one attached hydrogen (secondary N) is 2. The molecular weight excluding hydrogens is 376 g/mol. The molecule has 1 amide bonds. The van der Waals surface area contributed by atoms with E-state index in [9.17, 15) is 4.79 Å². The second-order valence-corrected chi connectivity index (χ2v) is 7.58. The van der Waals surface area contributed by atoms with Gasteiger partial charge < -0.3 is 19.8 Å². The Morgan fingerprint density at radius 1 is 1.25 bits per heavy atom. The fourth-order valence-electron chi connectivity index (χ4n) is 3.65. The molecule has 0 saturated carbocycles. The summed E-state index contributed by atoms with van der Waals surface area (Å²) in [5.74, 6) is 0.681. The third-order valence-electron chi connectivity index (χ3n) is 5.07. The molecule has 1 fully saturated rings. The maximum Gasteiger partial charge on any atom is 0.287 e. The van der Waals surface area contributed by atoms with Crippen LogP contribution in [-0.4, -0.2) is 24.5 Å². The van der Waals surface area contributed by atoms with Crippen molar-refractivity contribution in [3.63, 3.8) is 0 Å². The van der Waals surface area contributed by atoms with Crippen LogP contribution >= 0.6 is 11.6 Å². The average molecular weight is 399 g/mol. The van der Waals surface area contributed by atoms with E-state index in [1.165, 1.54) is 0 Å². The fourth-order valence-corrected chi connectivity index (χ4v) is 3.84. The molecule has 1 saturated heterocycles. The number of benzene rings is 2. The highest BCUT2D eigenvalue weighted by molar-refractivity contribution is 6.32. The van der Waals surface area contributed by atoms with Gasteiger partial charge in [-0.25, -0.2) is 0 Å². The third-order valence-corrected chi connectivity index (χ3v) is 5.38. The quantitative estimate of drug-likeness (QED) is 0.662. The first-order valence-corrected chi connectivity index (χ1v) is 9.91. The Hall–Kier alpha value is -2.50. The van der Waals surface area contributed by atoms with Gasteiger partial charge in [0, 0.05) is 23.0 Å². The third kappa shape index (κ3) is 4.01. The second-order valence-electron chi connectivity index (χ2n) is 7.17. The van der Waals surface area contributed by atoms with Crippen LogP contribution in [0.15, 0.2) is 52.9 Å². The van der Waals surface area contributed by atoms with Gasteiger partial charge in [0.15, 0.2) is 5.76 Å². The topological polar surface area (TPSA) is 63.5 Å². The summed E-state index contributed by atoms with van der Waals surface area (Å²) in [5, 5.41) is 7.92. The Morgan fingerprint density at radius 3 is 2.86 bits per heavy atom. The van der Waals surface area contributed by atoms with Crippen LogP contribution < -0.4 is 15.4 Å². The lowest BCUT2D eigenvalue weighted by molar-refractivity contribution is 0.0896. The molecule has 1 aliphatic rings. The monoisotopic (exact) mass is 398 g/mol. The van der Waals surface area contributed by atoms with Crippen molar-refractivity contribution >= 4 is 28.5 Å². The van der Waals surface area contributed by atoms with Gasteiger partial charge in [-0.3, -0.25) is 4.79 Å². The van der Waals surface area contributed by atoms with Crippen LogP contribution in [0.25, 0.3) is 11.0 Å². The molecule has 5 nitrogen and oxygen atoms in total. The van der Waals surface area contributed by atoms with Crippen LogP contribution in [0.2, 0.25) is 5.02 Å². The van der Waals surface area contributed by atoms with Gasteiger partial charge in [-0.05, 0) is 44.5 Å². The normalized spacial score (nSPS) is 19.5. The molecule has 146 valence electrons. The number of carbonyl (C=O) groups excluding carboxylic acids is 1. The molecule has 0 bridgehead atoms. The Bertz CT molecular complexity index is 985. The van der Waals surface area contributed by atoms with Crippen molar-refractivity contribution in [3.8, 4) is 5.75 Å². The Kier molecular flexibility index (Phi) is 5.55. The number of halogens is 1. The molecule has 0 spiro atoms. The highest BCUT2D eigenvalue weighted by Crippen LogP contribution is 2.29. The van der Waals surface area contributed by atoms with Gasteiger partial charge in [0.2, 0.25) is 0 Å². The molecule has 2 unspecified atom stereocenters. The van der Waals surface area contributed by atoms with Gasteiger partial charge in [-0.1, -0.05) is 41.9 Å². The number of piperidine rings is 1. The van der Waals surface area contributed by atoms with Gasteiger partial charge in [0.1, 0.15) is 17.9 Å². The molecule has 2 atom stereocenters. The minimum Gasteiger partial charge on any atom is -0.487 e. The maximum atomic E-state index is 13.0. The molecular formula is C22H23ClN2O3. The maximum absolute atomic E-state index is 13.0. The summed E-state index contributed by atoms with van der Waals surface area (Å²) in [6.07, 6.45) is 1.80. The number of ether oxygens (including phenoxy) is 1. The summed E-state index contributed by atoms with van der Waals surface area (Å²) in [5.41, 5.74) is 1.40. The summed E-state index contributed by atoms with van der Waals surface area (Å²) in [4.78, 5) is 13.0. The lowest BCUT2D eigenvalue weighted by Crippen LogP contribution is -2.46. The van der Waals surface area contributed by atoms with Gasteiger partial charge in [0.05, 0.1) is 5.02 Å². The molecule has 28 heavy (non-hydrogen) atoms. The minimum absolute atomic E-state index is 0.134. The summed E-state index contributed by atoms with van der Waals surface area (Å²) < 4.78 is 11.8. The van der Waals surface area contributed by atoms with Crippen LogP contribution in [0.1, 0.15) is 35.9 Å². The van der Waals surface area contributed by atoms with E-state index in [0.717, 1.165) is 30.3 Å². The van der Waals surface area contributed by atoms with E-state index >= 15 is 0 Å². The number of hydrogen-bond acceptors (Lipinski definition) is 4. The smallest absolute Gasteiger partial charge is 0.287 e. The first-order valence-electron chi connectivity index (χ1n) is 9.54.